The Hall–Kier alpha value is -3.02. The van der Waals surface area contributed by atoms with E-state index in [0.29, 0.717) is 12.1 Å². The maximum absolute atomic E-state index is 12.7. The van der Waals surface area contributed by atoms with E-state index in [1.54, 1.807) is 18.0 Å². The summed E-state index contributed by atoms with van der Waals surface area (Å²) in [4.78, 5) is 26.1. The number of benzene rings is 2. The van der Waals surface area contributed by atoms with E-state index in [-0.39, 0.29) is 11.9 Å². The Kier molecular flexibility index (Phi) is 3.60. The zero-order valence-electron chi connectivity index (χ0n) is 14.2. The lowest BCUT2D eigenvalue weighted by Gasteiger charge is -2.18. The van der Waals surface area contributed by atoms with Crippen molar-refractivity contribution in [1.82, 2.24) is 4.57 Å². The molecule has 0 spiro atoms. The molecule has 0 saturated carbocycles. The molecule has 25 heavy (non-hydrogen) atoms. The summed E-state index contributed by atoms with van der Waals surface area (Å²) in [7, 11) is 1.67. The van der Waals surface area contributed by atoms with Crippen LogP contribution < -0.4 is 16.0 Å². The fourth-order valence-electron chi connectivity index (χ4n) is 3.22. The number of amides is 1. The van der Waals surface area contributed by atoms with Gasteiger partial charge in [-0.05, 0) is 37.6 Å². The Morgan fingerprint density at radius 3 is 2.64 bits per heavy atom. The van der Waals surface area contributed by atoms with E-state index >= 15 is 0 Å². The molecule has 6 heteroatoms. The van der Waals surface area contributed by atoms with Gasteiger partial charge in [0.2, 0.25) is 5.91 Å². The van der Waals surface area contributed by atoms with E-state index in [0.717, 1.165) is 23.3 Å². The second-order valence-electron chi connectivity index (χ2n) is 6.42. The summed E-state index contributed by atoms with van der Waals surface area (Å²) in [5.41, 5.74) is 4.10. The van der Waals surface area contributed by atoms with E-state index < -0.39 is 5.76 Å². The molecule has 1 fully saturated rings. The molecule has 128 valence electrons. The Bertz CT molecular complexity index is 1000. The van der Waals surface area contributed by atoms with Crippen LogP contribution in [0.5, 0.6) is 0 Å². The standard InChI is InChI=1S/C19H19N3O3/c1-12-3-6-14(7-4-12)22-10-9-15(18(22)23)20-13-5-8-16-17(11-13)25-19(24)21(16)2/h3-8,11,15,20H,9-10H2,1-2H3. The number of hydrogen-bond donors (Lipinski definition) is 1. The van der Waals surface area contributed by atoms with Crippen molar-refractivity contribution in [3.8, 4) is 0 Å². The number of nitrogens with zero attached hydrogens (tertiary/aromatic N) is 2. The Morgan fingerprint density at radius 1 is 1.12 bits per heavy atom. The third kappa shape index (κ3) is 2.69. The normalized spacial score (nSPS) is 17.4. The Labute approximate surface area is 144 Å². The lowest BCUT2D eigenvalue weighted by molar-refractivity contribution is -0.117. The zero-order chi connectivity index (χ0) is 17.6. The number of nitrogens with one attached hydrogen (secondary N) is 1. The van der Waals surface area contributed by atoms with Gasteiger partial charge in [-0.1, -0.05) is 17.7 Å². The summed E-state index contributed by atoms with van der Waals surface area (Å²) in [5, 5.41) is 3.26. The lowest BCUT2D eigenvalue weighted by atomic mass is 10.2. The average molecular weight is 337 g/mol. The third-order valence-corrected chi connectivity index (χ3v) is 4.68. The van der Waals surface area contributed by atoms with Crippen LogP contribution in [0, 0.1) is 6.92 Å². The first-order valence-corrected chi connectivity index (χ1v) is 8.27. The molecule has 2 heterocycles. The molecule has 4 rings (SSSR count). The second-order valence-corrected chi connectivity index (χ2v) is 6.42. The summed E-state index contributed by atoms with van der Waals surface area (Å²) in [6.45, 7) is 2.71. The number of oxazole rings is 1. The van der Waals surface area contributed by atoms with Crippen LogP contribution in [0.1, 0.15) is 12.0 Å². The molecule has 3 aromatic rings. The largest absolute Gasteiger partial charge is 0.419 e. The quantitative estimate of drug-likeness (QED) is 0.798. The van der Waals surface area contributed by atoms with Gasteiger partial charge in [0.1, 0.15) is 6.04 Å². The van der Waals surface area contributed by atoms with Crippen molar-refractivity contribution >= 4 is 28.4 Å². The van der Waals surface area contributed by atoms with Gasteiger partial charge >= 0.3 is 5.76 Å². The number of fused-ring (bicyclic) bond motifs is 1. The highest BCUT2D eigenvalue weighted by Crippen LogP contribution is 2.25. The zero-order valence-corrected chi connectivity index (χ0v) is 14.2. The minimum absolute atomic E-state index is 0.0541. The van der Waals surface area contributed by atoms with Gasteiger partial charge in [0, 0.05) is 31.0 Å². The van der Waals surface area contributed by atoms with Gasteiger partial charge in [-0.2, -0.15) is 0 Å². The number of carbonyl (C=O) groups excluding carboxylic acids is 1. The van der Waals surface area contributed by atoms with Gasteiger partial charge in [-0.25, -0.2) is 4.79 Å². The summed E-state index contributed by atoms with van der Waals surface area (Å²) >= 11 is 0. The molecule has 1 aliphatic heterocycles. The van der Waals surface area contributed by atoms with Crippen molar-refractivity contribution in [2.75, 3.05) is 16.8 Å². The first-order chi connectivity index (χ1) is 12.0. The van der Waals surface area contributed by atoms with Gasteiger partial charge in [0.05, 0.1) is 5.52 Å². The lowest BCUT2D eigenvalue weighted by Crippen LogP contribution is -2.33. The first-order valence-electron chi connectivity index (χ1n) is 8.27. The molecule has 1 amide bonds. The molecule has 2 aromatic carbocycles. The third-order valence-electron chi connectivity index (χ3n) is 4.68. The van der Waals surface area contributed by atoms with Crippen LogP contribution in [-0.4, -0.2) is 23.1 Å². The molecular formula is C19H19N3O3. The fraction of sp³-hybridized carbons (Fsp3) is 0.263. The van der Waals surface area contributed by atoms with Crippen LogP contribution in [0.15, 0.2) is 51.7 Å². The molecule has 0 bridgehead atoms. The average Bonchev–Trinajstić information content (AvgIpc) is 3.09. The SMILES string of the molecule is Cc1ccc(N2CCC(Nc3ccc4c(c3)oc(=O)n4C)C2=O)cc1. The molecule has 1 saturated heterocycles. The maximum atomic E-state index is 12.7. The number of anilines is 2. The summed E-state index contributed by atoms with van der Waals surface area (Å²) < 4.78 is 6.66. The number of carbonyl (C=O) groups is 1. The maximum Gasteiger partial charge on any atom is 0.419 e. The van der Waals surface area contributed by atoms with E-state index in [1.807, 2.05) is 43.3 Å². The smallest absolute Gasteiger partial charge is 0.408 e. The second kappa shape index (κ2) is 5.81. The molecule has 6 nitrogen and oxygen atoms in total. The van der Waals surface area contributed by atoms with Crippen molar-refractivity contribution in [2.24, 2.45) is 7.05 Å². The number of hydrogen-bond acceptors (Lipinski definition) is 4. The van der Waals surface area contributed by atoms with E-state index in [2.05, 4.69) is 5.32 Å². The van der Waals surface area contributed by atoms with Crippen molar-refractivity contribution in [1.29, 1.82) is 0 Å². The van der Waals surface area contributed by atoms with Crippen LogP contribution in [0.25, 0.3) is 11.1 Å². The Balaban J connectivity index is 1.54. The summed E-state index contributed by atoms with van der Waals surface area (Å²) in [5.74, 6) is -0.340. The summed E-state index contributed by atoms with van der Waals surface area (Å²) in [6, 6.07) is 13.1. The molecule has 1 atom stereocenters. The predicted molar refractivity (Wildman–Crippen MR) is 97.0 cm³/mol. The van der Waals surface area contributed by atoms with Gasteiger partial charge in [0.15, 0.2) is 5.58 Å². The van der Waals surface area contributed by atoms with E-state index in [4.69, 9.17) is 4.42 Å². The van der Waals surface area contributed by atoms with Crippen LogP contribution >= 0.6 is 0 Å². The van der Waals surface area contributed by atoms with E-state index in [1.165, 1.54) is 10.1 Å². The van der Waals surface area contributed by atoms with Gasteiger partial charge in [-0.3, -0.25) is 9.36 Å². The molecule has 0 radical (unpaired) electrons. The molecule has 1 aromatic heterocycles. The van der Waals surface area contributed by atoms with Crippen LogP contribution in [0.4, 0.5) is 11.4 Å². The summed E-state index contributed by atoms with van der Waals surface area (Å²) in [6.07, 6.45) is 0.726. The van der Waals surface area contributed by atoms with Gasteiger partial charge in [-0.15, -0.1) is 0 Å². The highest BCUT2D eigenvalue weighted by molar-refractivity contribution is 6.01. The van der Waals surface area contributed by atoms with Crippen molar-refractivity contribution in [3.05, 3.63) is 58.6 Å². The first kappa shape index (κ1) is 15.5. The highest BCUT2D eigenvalue weighted by atomic mass is 16.4. The molecule has 1 N–H and O–H groups in total. The molecule has 1 aliphatic rings. The van der Waals surface area contributed by atoms with Gasteiger partial charge < -0.3 is 14.6 Å². The van der Waals surface area contributed by atoms with Gasteiger partial charge in [0.25, 0.3) is 0 Å². The predicted octanol–water partition coefficient (Wildman–Crippen LogP) is 2.66. The highest BCUT2D eigenvalue weighted by Gasteiger charge is 2.32. The Morgan fingerprint density at radius 2 is 1.88 bits per heavy atom. The topological polar surface area (TPSA) is 67.5 Å². The minimum atomic E-state index is -0.394. The van der Waals surface area contributed by atoms with Crippen LogP contribution in [0.3, 0.4) is 0 Å². The molecular weight excluding hydrogens is 318 g/mol. The van der Waals surface area contributed by atoms with Crippen LogP contribution in [-0.2, 0) is 11.8 Å². The van der Waals surface area contributed by atoms with Crippen molar-refractivity contribution in [2.45, 2.75) is 19.4 Å². The monoisotopic (exact) mass is 337 g/mol. The minimum Gasteiger partial charge on any atom is -0.408 e. The molecule has 0 aliphatic carbocycles. The number of rotatable bonds is 3. The molecule has 1 unspecified atom stereocenters. The number of aromatic nitrogens is 1. The van der Waals surface area contributed by atoms with E-state index in [9.17, 15) is 9.59 Å². The fourth-order valence-corrected chi connectivity index (χ4v) is 3.22. The van der Waals surface area contributed by atoms with Crippen molar-refractivity contribution in [3.63, 3.8) is 0 Å². The van der Waals surface area contributed by atoms with Crippen molar-refractivity contribution < 1.29 is 9.21 Å². The number of aryl methyl sites for hydroxylation is 2. The van der Waals surface area contributed by atoms with Crippen LogP contribution in [0.2, 0.25) is 0 Å².